The van der Waals surface area contributed by atoms with Gasteiger partial charge in [-0.05, 0) is 33.1 Å². The number of amides is 1. The van der Waals surface area contributed by atoms with E-state index >= 15 is 0 Å². The summed E-state index contributed by atoms with van der Waals surface area (Å²) in [4.78, 5) is 24.2. The Kier molecular flexibility index (Phi) is 6.47. The topological polar surface area (TPSA) is 76.1 Å². The van der Waals surface area contributed by atoms with Crippen LogP contribution in [-0.2, 0) is 14.3 Å². The molecule has 0 aliphatic heterocycles. The van der Waals surface area contributed by atoms with Gasteiger partial charge in [0.1, 0.15) is 18.4 Å². The lowest BCUT2D eigenvalue weighted by atomic mass is 9.99. The molecule has 0 aliphatic carbocycles. The minimum atomic E-state index is -1.10. The molecule has 0 fully saturated rings. The number of hydrogen-bond acceptors (Lipinski definition) is 4. The van der Waals surface area contributed by atoms with Gasteiger partial charge in [-0.3, -0.25) is 4.90 Å². The van der Waals surface area contributed by atoms with Crippen LogP contribution in [-0.4, -0.2) is 47.0 Å². The molecular weight excluding hydrogens is 262 g/mol. The van der Waals surface area contributed by atoms with Crippen LogP contribution in [0.1, 0.15) is 48.5 Å². The number of carbonyl (C=O) groups is 2. The highest BCUT2D eigenvalue weighted by molar-refractivity contribution is 5.79. The van der Waals surface area contributed by atoms with Gasteiger partial charge in [0.05, 0.1) is 6.61 Å². The molecule has 0 unspecified atom stereocenters. The Hall–Kier alpha value is -1.30. The Morgan fingerprint density at radius 2 is 1.65 bits per heavy atom. The van der Waals surface area contributed by atoms with Gasteiger partial charge in [0.2, 0.25) is 0 Å². The van der Waals surface area contributed by atoms with Crippen LogP contribution in [0.5, 0.6) is 0 Å². The maximum Gasteiger partial charge on any atom is 0.412 e. The first-order valence-electron chi connectivity index (χ1n) is 6.64. The minimum Gasteiger partial charge on any atom is -0.480 e. The average molecular weight is 289 g/mol. The predicted octanol–water partition coefficient (Wildman–Crippen LogP) is 2.72. The van der Waals surface area contributed by atoms with Crippen LogP contribution in [0.4, 0.5) is 4.79 Å². The van der Waals surface area contributed by atoms with Crippen molar-refractivity contribution < 1.29 is 24.2 Å². The number of aliphatic carboxylic acids is 1. The highest BCUT2D eigenvalue weighted by Gasteiger charge is 2.30. The highest BCUT2D eigenvalue weighted by atomic mass is 16.6. The Bertz CT molecular complexity index is 340. The Balaban J connectivity index is 4.74. The van der Waals surface area contributed by atoms with Crippen molar-refractivity contribution in [3.8, 4) is 0 Å². The Morgan fingerprint density at radius 3 is 2.00 bits per heavy atom. The van der Waals surface area contributed by atoms with Crippen molar-refractivity contribution in [1.29, 1.82) is 0 Å². The molecule has 0 bridgehead atoms. The Morgan fingerprint density at radius 1 is 1.15 bits per heavy atom. The number of carboxylic acids is 1. The fraction of sp³-hybridized carbons (Fsp3) is 0.857. The molecule has 6 nitrogen and oxygen atoms in total. The SMILES string of the molecule is C[C@@H](C(=O)O)N(COCC(C)(C)C)C(=O)OC(C)(C)C. The van der Waals surface area contributed by atoms with Gasteiger partial charge in [0.15, 0.2) is 0 Å². The number of ether oxygens (including phenoxy) is 2. The monoisotopic (exact) mass is 289 g/mol. The van der Waals surface area contributed by atoms with Crippen LogP contribution < -0.4 is 0 Å². The summed E-state index contributed by atoms with van der Waals surface area (Å²) in [6.07, 6.45) is -0.693. The smallest absolute Gasteiger partial charge is 0.412 e. The van der Waals surface area contributed by atoms with E-state index in [1.165, 1.54) is 6.92 Å². The molecule has 0 aliphatic rings. The normalized spacial score (nSPS) is 13.8. The van der Waals surface area contributed by atoms with Gasteiger partial charge >= 0.3 is 12.1 Å². The van der Waals surface area contributed by atoms with Crippen LogP contribution in [0.25, 0.3) is 0 Å². The lowest BCUT2D eigenvalue weighted by molar-refractivity contribution is -0.145. The highest BCUT2D eigenvalue weighted by Crippen LogP contribution is 2.15. The molecule has 1 atom stereocenters. The van der Waals surface area contributed by atoms with E-state index in [1.807, 2.05) is 20.8 Å². The van der Waals surface area contributed by atoms with E-state index in [0.29, 0.717) is 6.61 Å². The molecular formula is C14H27NO5. The molecule has 6 heteroatoms. The molecule has 0 aromatic rings. The summed E-state index contributed by atoms with van der Waals surface area (Å²) in [7, 11) is 0. The van der Waals surface area contributed by atoms with Crippen LogP contribution in [0, 0.1) is 5.41 Å². The van der Waals surface area contributed by atoms with Gasteiger partial charge in [-0.25, -0.2) is 9.59 Å². The molecule has 1 amide bonds. The molecule has 0 aromatic heterocycles. The zero-order chi connectivity index (χ0) is 16.1. The first-order valence-corrected chi connectivity index (χ1v) is 6.64. The van der Waals surface area contributed by atoms with E-state index in [4.69, 9.17) is 14.6 Å². The van der Waals surface area contributed by atoms with E-state index in [0.717, 1.165) is 4.90 Å². The van der Waals surface area contributed by atoms with Crippen LogP contribution in [0.2, 0.25) is 0 Å². The summed E-state index contributed by atoms with van der Waals surface area (Å²) < 4.78 is 10.6. The van der Waals surface area contributed by atoms with E-state index < -0.39 is 23.7 Å². The largest absolute Gasteiger partial charge is 0.480 e. The van der Waals surface area contributed by atoms with Crippen molar-refractivity contribution in [1.82, 2.24) is 4.90 Å². The average Bonchev–Trinajstić information content (AvgIpc) is 2.19. The van der Waals surface area contributed by atoms with Crippen molar-refractivity contribution in [2.75, 3.05) is 13.3 Å². The van der Waals surface area contributed by atoms with E-state index in [2.05, 4.69) is 0 Å². The molecule has 0 rings (SSSR count). The van der Waals surface area contributed by atoms with Crippen molar-refractivity contribution in [2.45, 2.75) is 60.1 Å². The fourth-order valence-corrected chi connectivity index (χ4v) is 1.23. The van der Waals surface area contributed by atoms with Gasteiger partial charge in [-0.1, -0.05) is 20.8 Å². The number of nitrogens with zero attached hydrogens (tertiary/aromatic N) is 1. The third-order valence-corrected chi connectivity index (χ3v) is 2.22. The second-order valence-corrected chi connectivity index (χ2v) is 7.00. The standard InChI is InChI=1S/C14H27NO5/c1-10(11(16)17)15(9-19-8-13(2,3)4)12(18)20-14(5,6)7/h10H,8-9H2,1-7H3,(H,16,17)/t10-/m0/s1. The van der Waals surface area contributed by atoms with E-state index in [1.54, 1.807) is 20.8 Å². The van der Waals surface area contributed by atoms with Gasteiger partial charge in [-0.15, -0.1) is 0 Å². The van der Waals surface area contributed by atoms with Crippen molar-refractivity contribution in [2.24, 2.45) is 5.41 Å². The number of rotatable bonds is 5. The van der Waals surface area contributed by atoms with Gasteiger partial charge < -0.3 is 14.6 Å². The summed E-state index contributed by atoms with van der Waals surface area (Å²) in [5.41, 5.74) is -0.746. The summed E-state index contributed by atoms with van der Waals surface area (Å²) in [6.45, 7) is 12.9. The molecule has 0 heterocycles. The van der Waals surface area contributed by atoms with Crippen molar-refractivity contribution >= 4 is 12.1 Å². The quantitative estimate of drug-likeness (QED) is 0.787. The molecule has 0 radical (unpaired) electrons. The lowest BCUT2D eigenvalue weighted by Crippen LogP contribution is -2.47. The first-order chi connectivity index (χ1) is 8.83. The van der Waals surface area contributed by atoms with E-state index in [-0.39, 0.29) is 12.1 Å². The van der Waals surface area contributed by atoms with Gasteiger partial charge in [-0.2, -0.15) is 0 Å². The van der Waals surface area contributed by atoms with Crippen LogP contribution in [0.15, 0.2) is 0 Å². The molecule has 0 spiro atoms. The maximum atomic E-state index is 12.0. The predicted molar refractivity (Wildman–Crippen MR) is 75.4 cm³/mol. The van der Waals surface area contributed by atoms with Crippen molar-refractivity contribution in [3.63, 3.8) is 0 Å². The number of carbonyl (C=O) groups excluding carboxylic acids is 1. The third kappa shape index (κ3) is 7.99. The first kappa shape index (κ1) is 18.7. The van der Waals surface area contributed by atoms with Gasteiger partial charge in [0, 0.05) is 0 Å². The van der Waals surface area contributed by atoms with Crippen LogP contribution in [0.3, 0.4) is 0 Å². The Labute approximate surface area is 121 Å². The zero-order valence-corrected chi connectivity index (χ0v) is 13.5. The molecule has 0 aromatic carbocycles. The summed E-state index contributed by atoms with van der Waals surface area (Å²) in [6, 6.07) is -1.01. The van der Waals surface area contributed by atoms with E-state index in [9.17, 15) is 9.59 Å². The zero-order valence-electron chi connectivity index (χ0n) is 13.5. The molecule has 0 saturated heterocycles. The lowest BCUT2D eigenvalue weighted by Gasteiger charge is -2.30. The third-order valence-electron chi connectivity index (χ3n) is 2.22. The second kappa shape index (κ2) is 6.92. The molecule has 1 N–H and O–H groups in total. The summed E-state index contributed by atoms with van der Waals surface area (Å²) in [5.74, 6) is -1.10. The minimum absolute atomic E-state index is 0.0634. The number of carboxylic acid groups (broad SMARTS) is 1. The maximum absolute atomic E-state index is 12.0. The number of hydrogen-bond donors (Lipinski definition) is 1. The van der Waals surface area contributed by atoms with Gasteiger partial charge in [0.25, 0.3) is 0 Å². The summed E-state index contributed by atoms with van der Waals surface area (Å²) >= 11 is 0. The fourth-order valence-electron chi connectivity index (χ4n) is 1.23. The molecule has 118 valence electrons. The summed E-state index contributed by atoms with van der Waals surface area (Å²) in [5, 5.41) is 9.05. The second-order valence-electron chi connectivity index (χ2n) is 7.00. The van der Waals surface area contributed by atoms with Crippen LogP contribution >= 0.6 is 0 Å². The molecule has 0 saturated carbocycles. The molecule has 20 heavy (non-hydrogen) atoms. The van der Waals surface area contributed by atoms with Crippen molar-refractivity contribution in [3.05, 3.63) is 0 Å².